The fourth-order valence-corrected chi connectivity index (χ4v) is 6.47. The van der Waals surface area contributed by atoms with Crippen molar-refractivity contribution < 1.29 is 18.0 Å². The number of hydrogen-bond acceptors (Lipinski definition) is 4. The largest absolute Gasteiger partial charge is 0.352 e. The fraction of sp³-hybridized carbons (Fsp3) is 0.257. The molecule has 4 aromatic rings. The van der Waals surface area contributed by atoms with E-state index in [2.05, 4.69) is 5.32 Å². The summed E-state index contributed by atoms with van der Waals surface area (Å²) in [4.78, 5) is 29.9. The van der Waals surface area contributed by atoms with Gasteiger partial charge in [-0.25, -0.2) is 8.42 Å². The highest BCUT2D eigenvalue weighted by Crippen LogP contribution is 2.28. The first-order chi connectivity index (χ1) is 21.1. The number of carbonyl (C=O) groups excluding carboxylic acids is 2. The molecule has 0 spiro atoms. The third-order valence-corrected chi connectivity index (χ3v) is 9.56. The summed E-state index contributed by atoms with van der Waals surface area (Å²) >= 11 is 6.06. The normalized spacial score (nSPS) is 12.6. The molecule has 0 radical (unpaired) electrons. The molecule has 0 aromatic heterocycles. The van der Waals surface area contributed by atoms with E-state index in [1.165, 1.54) is 29.2 Å². The molecule has 0 aliphatic rings. The molecule has 7 nitrogen and oxygen atoms in total. The number of benzene rings is 4. The number of halogens is 1. The van der Waals surface area contributed by atoms with Crippen LogP contribution in [-0.2, 0) is 32.6 Å². The van der Waals surface area contributed by atoms with E-state index in [0.29, 0.717) is 16.3 Å². The van der Waals surface area contributed by atoms with E-state index in [0.717, 1.165) is 21.9 Å². The van der Waals surface area contributed by atoms with Gasteiger partial charge in [0.15, 0.2) is 0 Å². The SMILES string of the molecule is CC[C@H](C)NC(=O)[C@H](Cc1ccccc1)N(Cc1ccccc1)C(=O)CN(c1ccccc1C)S(=O)(=O)c1ccc(Cl)cc1. The van der Waals surface area contributed by atoms with E-state index >= 15 is 0 Å². The molecule has 0 fully saturated rings. The Morgan fingerprint density at radius 1 is 0.818 bits per heavy atom. The van der Waals surface area contributed by atoms with Crippen molar-refractivity contribution >= 4 is 39.1 Å². The number of anilines is 1. The van der Waals surface area contributed by atoms with Crippen molar-refractivity contribution in [3.05, 3.63) is 131 Å². The summed E-state index contributed by atoms with van der Waals surface area (Å²) in [5, 5.41) is 3.45. The molecule has 4 aromatic carbocycles. The molecule has 44 heavy (non-hydrogen) atoms. The number of rotatable bonds is 13. The highest BCUT2D eigenvalue weighted by molar-refractivity contribution is 7.92. The van der Waals surface area contributed by atoms with Crippen LogP contribution in [0.3, 0.4) is 0 Å². The van der Waals surface area contributed by atoms with E-state index in [1.54, 1.807) is 25.1 Å². The van der Waals surface area contributed by atoms with Gasteiger partial charge in [-0.3, -0.25) is 13.9 Å². The van der Waals surface area contributed by atoms with Gasteiger partial charge in [0.05, 0.1) is 10.6 Å². The topological polar surface area (TPSA) is 86.8 Å². The average molecular weight is 632 g/mol. The lowest BCUT2D eigenvalue weighted by Gasteiger charge is -2.34. The first kappa shape index (κ1) is 32.8. The Hall–Kier alpha value is -4.14. The molecule has 0 bridgehead atoms. The second-order valence-corrected chi connectivity index (χ2v) is 13.1. The summed E-state index contributed by atoms with van der Waals surface area (Å²) in [5.41, 5.74) is 2.76. The Balaban J connectivity index is 1.80. The first-order valence-electron chi connectivity index (χ1n) is 14.6. The third-order valence-electron chi connectivity index (χ3n) is 7.53. The third kappa shape index (κ3) is 8.27. The molecule has 2 amide bonds. The van der Waals surface area contributed by atoms with Gasteiger partial charge < -0.3 is 10.2 Å². The number of amides is 2. The molecule has 2 atom stereocenters. The number of hydrogen-bond donors (Lipinski definition) is 1. The van der Waals surface area contributed by atoms with Crippen LogP contribution in [0.25, 0.3) is 0 Å². The summed E-state index contributed by atoms with van der Waals surface area (Å²) in [6, 6.07) is 30.8. The minimum absolute atomic E-state index is 0.00270. The zero-order valence-electron chi connectivity index (χ0n) is 25.2. The minimum Gasteiger partial charge on any atom is -0.352 e. The number of aryl methyl sites for hydroxylation is 1. The van der Waals surface area contributed by atoms with Crippen LogP contribution in [-0.4, -0.2) is 43.8 Å². The molecule has 230 valence electrons. The van der Waals surface area contributed by atoms with Gasteiger partial charge in [-0.05, 0) is 67.3 Å². The molecular formula is C35H38ClN3O4S. The summed E-state index contributed by atoms with van der Waals surface area (Å²) in [7, 11) is -4.20. The predicted octanol–water partition coefficient (Wildman–Crippen LogP) is 6.40. The second kappa shape index (κ2) is 15.0. The van der Waals surface area contributed by atoms with Crippen molar-refractivity contribution in [2.75, 3.05) is 10.8 Å². The lowest BCUT2D eigenvalue weighted by Crippen LogP contribution is -2.54. The Labute approximate surface area is 265 Å². The van der Waals surface area contributed by atoms with Crippen molar-refractivity contribution in [1.82, 2.24) is 10.2 Å². The first-order valence-corrected chi connectivity index (χ1v) is 16.4. The van der Waals surface area contributed by atoms with Gasteiger partial charge in [-0.2, -0.15) is 0 Å². The van der Waals surface area contributed by atoms with Crippen LogP contribution >= 0.6 is 11.6 Å². The molecule has 9 heteroatoms. The number of carbonyl (C=O) groups is 2. The molecular weight excluding hydrogens is 594 g/mol. The monoisotopic (exact) mass is 631 g/mol. The van der Waals surface area contributed by atoms with Crippen LogP contribution in [0.1, 0.15) is 37.0 Å². The number of nitrogens with zero attached hydrogens (tertiary/aromatic N) is 2. The van der Waals surface area contributed by atoms with Crippen LogP contribution in [0.15, 0.2) is 114 Å². The fourth-order valence-electron chi connectivity index (χ4n) is 4.87. The van der Waals surface area contributed by atoms with Gasteiger partial charge in [-0.15, -0.1) is 0 Å². The Bertz CT molecular complexity index is 1650. The van der Waals surface area contributed by atoms with Crippen LogP contribution in [0.4, 0.5) is 5.69 Å². The van der Waals surface area contributed by atoms with Crippen LogP contribution in [0.5, 0.6) is 0 Å². The van der Waals surface area contributed by atoms with E-state index in [9.17, 15) is 18.0 Å². The van der Waals surface area contributed by atoms with Gasteiger partial charge in [0, 0.05) is 24.0 Å². The summed E-state index contributed by atoms with van der Waals surface area (Å²) in [5.74, 6) is -0.801. The Morgan fingerprint density at radius 3 is 1.98 bits per heavy atom. The molecule has 0 saturated heterocycles. The van der Waals surface area contributed by atoms with E-state index in [4.69, 9.17) is 11.6 Å². The minimum atomic E-state index is -4.20. The van der Waals surface area contributed by atoms with Crippen LogP contribution < -0.4 is 9.62 Å². The molecule has 0 saturated carbocycles. The summed E-state index contributed by atoms with van der Waals surface area (Å²) in [6.07, 6.45) is 0.979. The number of para-hydroxylation sites is 1. The van der Waals surface area contributed by atoms with Crippen molar-refractivity contribution in [3.8, 4) is 0 Å². The van der Waals surface area contributed by atoms with Crippen molar-refractivity contribution in [2.24, 2.45) is 0 Å². The second-order valence-electron chi connectivity index (χ2n) is 10.8. The quantitative estimate of drug-likeness (QED) is 0.185. The molecule has 1 N–H and O–H groups in total. The molecule has 0 aliphatic heterocycles. The van der Waals surface area contributed by atoms with Gasteiger partial charge in [-0.1, -0.05) is 97.4 Å². The van der Waals surface area contributed by atoms with Gasteiger partial charge in [0.1, 0.15) is 12.6 Å². The number of sulfonamides is 1. The van der Waals surface area contributed by atoms with E-state index in [-0.39, 0.29) is 29.8 Å². The van der Waals surface area contributed by atoms with Gasteiger partial charge in [0.25, 0.3) is 10.0 Å². The lowest BCUT2D eigenvalue weighted by molar-refractivity contribution is -0.140. The summed E-state index contributed by atoms with van der Waals surface area (Å²) in [6.45, 7) is 5.30. The Kier molecular flexibility index (Phi) is 11.2. The molecule has 4 rings (SSSR count). The van der Waals surface area contributed by atoms with Crippen molar-refractivity contribution in [1.29, 1.82) is 0 Å². The number of nitrogens with one attached hydrogen (secondary N) is 1. The highest BCUT2D eigenvalue weighted by Gasteiger charge is 2.35. The van der Waals surface area contributed by atoms with E-state index < -0.39 is 28.5 Å². The van der Waals surface area contributed by atoms with Crippen LogP contribution in [0, 0.1) is 6.92 Å². The highest BCUT2D eigenvalue weighted by atomic mass is 35.5. The smallest absolute Gasteiger partial charge is 0.264 e. The van der Waals surface area contributed by atoms with Crippen molar-refractivity contribution in [3.63, 3.8) is 0 Å². The van der Waals surface area contributed by atoms with Gasteiger partial charge in [0.2, 0.25) is 11.8 Å². The summed E-state index contributed by atoms with van der Waals surface area (Å²) < 4.78 is 29.4. The standard InChI is InChI=1S/C35H38ClN3O4S/c1-4-27(3)37-35(41)33(23-28-14-7-5-8-15-28)38(24-29-16-9-6-10-17-29)34(40)25-39(32-18-12-11-13-26(32)2)44(42,43)31-21-19-30(36)20-22-31/h5-22,27,33H,4,23-25H2,1-3H3,(H,37,41)/t27-,33-/m0/s1. The van der Waals surface area contributed by atoms with Gasteiger partial charge >= 0.3 is 0 Å². The maximum atomic E-state index is 14.5. The van der Waals surface area contributed by atoms with E-state index in [1.807, 2.05) is 80.6 Å². The molecule has 0 aliphatic carbocycles. The molecule has 0 unspecified atom stereocenters. The maximum Gasteiger partial charge on any atom is 0.264 e. The Morgan fingerprint density at radius 2 is 1.39 bits per heavy atom. The maximum absolute atomic E-state index is 14.5. The van der Waals surface area contributed by atoms with Crippen LogP contribution in [0.2, 0.25) is 5.02 Å². The lowest BCUT2D eigenvalue weighted by atomic mass is 10.0. The molecule has 0 heterocycles. The predicted molar refractivity (Wildman–Crippen MR) is 176 cm³/mol. The van der Waals surface area contributed by atoms with Crippen molar-refractivity contribution in [2.45, 2.75) is 57.1 Å². The average Bonchev–Trinajstić information content (AvgIpc) is 3.03. The zero-order chi connectivity index (χ0) is 31.7. The zero-order valence-corrected chi connectivity index (χ0v) is 26.8.